The number of hydrogen-bond acceptors (Lipinski definition) is 7. The first kappa shape index (κ1) is 30.4. The third kappa shape index (κ3) is 7.14. The van der Waals surface area contributed by atoms with Crippen LogP contribution >= 0.6 is 0 Å². The van der Waals surface area contributed by atoms with Crippen LogP contribution in [0.3, 0.4) is 0 Å². The number of carbonyl (C=O) groups excluding carboxylic acids is 3. The van der Waals surface area contributed by atoms with E-state index < -0.39 is 6.04 Å². The van der Waals surface area contributed by atoms with Gasteiger partial charge in [0, 0.05) is 88.3 Å². The Kier molecular flexibility index (Phi) is 9.56. The highest BCUT2D eigenvalue weighted by Crippen LogP contribution is 2.28. The minimum atomic E-state index is -0.771. The van der Waals surface area contributed by atoms with E-state index in [1.807, 2.05) is 18.5 Å². The largest absolute Gasteiger partial charge is 0.359 e. The van der Waals surface area contributed by atoms with Gasteiger partial charge in [-0.15, -0.1) is 0 Å². The summed E-state index contributed by atoms with van der Waals surface area (Å²) in [7, 11) is 3.27. The monoisotopic (exact) mass is 590 g/mol. The number of fused-ring (bicyclic) bond motifs is 1. The number of pyridine rings is 2. The van der Waals surface area contributed by atoms with Crippen molar-refractivity contribution in [2.24, 2.45) is 12.8 Å². The van der Waals surface area contributed by atoms with Crippen molar-refractivity contribution in [2.75, 3.05) is 33.2 Å². The Balaban J connectivity index is 1.30. The fraction of sp³-hybridized carbons (Fsp3) is 0.516. The predicted octanol–water partition coefficient (Wildman–Crippen LogP) is 0.959. The average Bonchev–Trinajstić information content (AvgIpc) is 3.34. The van der Waals surface area contributed by atoms with E-state index in [2.05, 4.69) is 32.4 Å². The highest BCUT2D eigenvalue weighted by atomic mass is 16.2. The summed E-state index contributed by atoms with van der Waals surface area (Å²) >= 11 is 0. The topological polar surface area (TPSA) is 148 Å². The van der Waals surface area contributed by atoms with Crippen molar-refractivity contribution in [3.05, 3.63) is 52.7 Å². The number of nitrogens with two attached hydrogens (primary N) is 1. The Labute approximate surface area is 251 Å². The van der Waals surface area contributed by atoms with Gasteiger partial charge in [0.05, 0.1) is 6.42 Å². The van der Waals surface area contributed by atoms with Crippen molar-refractivity contribution < 1.29 is 14.4 Å². The van der Waals surface area contributed by atoms with Crippen LogP contribution in [0.5, 0.6) is 0 Å². The van der Waals surface area contributed by atoms with Gasteiger partial charge >= 0.3 is 0 Å². The maximum atomic E-state index is 13.1. The second-order valence-corrected chi connectivity index (χ2v) is 11.7. The first-order valence-electron chi connectivity index (χ1n) is 15.1. The molecule has 0 radical (unpaired) electrons. The standard InChI is InChI=1S/C31H42N8O4/c1-33-27(40)16-26-31(43)34-10-14-39(26)29(42)5-3-4-11-38-20-23(19-37-12-8-24(32)9-13-37)25-15-22(17-35-30(25)38)21-6-7-28(41)36(2)18-21/h6-7,15,17-18,20,24,26H,3-5,8-14,16,19,32H2,1-2H3,(H,33,40)(H,34,43). The summed E-state index contributed by atoms with van der Waals surface area (Å²) in [5.41, 5.74) is 10.0. The number of likely N-dealkylation sites (tertiary alicyclic amines) is 1. The highest BCUT2D eigenvalue weighted by molar-refractivity contribution is 5.93. The predicted molar refractivity (Wildman–Crippen MR) is 164 cm³/mol. The Morgan fingerprint density at radius 1 is 1.09 bits per heavy atom. The zero-order valence-electron chi connectivity index (χ0n) is 25.1. The van der Waals surface area contributed by atoms with Crippen molar-refractivity contribution in [3.63, 3.8) is 0 Å². The van der Waals surface area contributed by atoms with Crippen LogP contribution in [0.25, 0.3) is 22.2 Å². The second kappa shape index (κ2) is 13.5. The van der Waals surface area contributed by atoms with E-state index in [-0.39, 0.29) is 35.7 Å². The Bertz CT molecular complexity index is 1540. The van der Waals surface area contributed by atoms with Crippen molar-refractivity contribution >= 4 is 28.8 Å². The van der Waals surface area contributed by atoms with Crippen LogP contribution in [-0.2, 0) is 34.5 Å². The van der Waals surface area contributed by atoms with Crippen LogP contribution in [0.4, 0.5) is 0 Å². The van der Waals surface area contributed by atoms with Crippen molar-refractivity contribution in [3.8, 4) is 11.1 Å². The van der Waals surface area contributed by atoms with E-state index in [1.54, 1.807) is 22.6 Å². The minimum absolute atomic E-state index is 0.0396. The molecule has 2 saturated heterocycles. The number of unbranched alkanes of at least 4 members (excludes halogenated alkanes) is 1. The third-order valence-electron chi connectivity index (χ3n) is 8.59. The molecule has 4 N–H and O–H groups in total. The van der Waals surface area contributed by atoms with Crippen LogP contribution in [0, 0.1) is 0 Å². The Morgan fingerprint density at radius 2 is 1.88 bits per heavy atom. The molecule has 5 heterocycles. The van der Waals surface area contributed by atoms with Gasteiger partial charge in [-0.25, -0.2) is 4.98 Å². The van der Waals surface area contributed by atoms with Crippen LogP contribution in [0.2, 0.25) is 0 Å². The molecule has 5 rings (SSSR count). The van der Waals surface area contributed by atoms with Gasteiger partial charge in [-0.3, -0.25) is 24.1 Å². The molecule has 0 aromatic carbocycles. The van der Waals surface area contributed by atoms with Gasteiger partial charge in [-0.05, 0) is 62.0 Å². The number of hydrogen-bond donors (Lipinski definition) is 3. The molecule has 0 saturated carbocycles. The number of nitrogens with zero attached hydrogens (tertiary/aromatic N) is 5. The molecule has 3 aromatic rings. The lowest BCUT2D eigenvalue weighted by molar-refractivity contribution is -0.145. The molecule has 1 atom stereocenters. The lowest BCUT2D eigenvalue weighted by Gasteiger charge is -2.34. The normalized spacial score (nSPS) is 18.2. The van der Waals surface area contributed by atoms with Gasteiger partial charge in [-0.2, -0.15) is 0 Å². The fourth-order valence-corrected chi connectivity index (χ4v) is 6.01. The van der Waals surface area contributed by atoms with E-state index in [4.69, 9.17) is 10.7 Å². The van der Waals surface area contributed by atoms with Gasteiger partial charge in [0.25, 0.3) is 0 Å². The van der Waals surface area contributed by atoms with Gasteiger partial charge in [-0.1, -0.05) is 0 Å². The minimum Gasteiger partial charge on any atom is -0.359 e. The number of amides is 3. The van der Waals surface area contributed by atoms with E-state index in [9.17, 15) is 19.2 Å². The van der Waals surface area contributed by atoms with Gasteiger partial charge in [0.2, 0.25) is 23.3 Å². The van der Waals surface area contributed by atoms with Crippen LogP contribution < -0.4 is 21.9 Å². The molecule has 230 valence electrons. The summed E-state index contributed by atoms with van der Waals surface area (Å²) in [6.45, 7) is 4.21. The highest BCUT2D eigenvalue weighted by Gasteiger charge is 2.34. The lowest BCUT2D eigenvalue weighted by atomic mass is 10.0. The smallest absolute Gasteiger partial charge is 0.250 e. The third-order valence-corrected chi connectivity index (χ3v) is 8.59. The zero-order chi connectivity index (χ0) is 30.5. The zero-order valence-corrected chi connectivity index (χ0v) is 25.1. The molecule has 2 aliphatic heterocycles. The lowest BCUT2D eigenvalue weighted by Crippen LogP contribution is -2.58. The summed E-state index contributed by atoms with van der Waals surface area (Å²) in [5.74, 6) is -0.659. The molecule has 12 heteroatoms. The van der Waals surface area contributed by atoms with Crippen LogP contribution in [-0.4, -0.2) is 86.9 Å². The second-order valence-electron chi connectivity index (χ2n) is 11.7. The van der Waals surface area contributed by atoms with Gasteiger partial charge in [0.15, 0.2) is 0 Å². The Morgan fingerprint density at radius 3 is 2.63 bits per heavy atom. The number of aromatic nitrogens is 3. The molecule has 0 spiro atoms. The van der Waals surface area contributed by atoms with Crippen molar-refractivity contribution in [1.82, 2.24) is 34.6 Å². The summed E-state index contributed by atoms with van der Waals surface area (Å²) in [6.07, 6.45) is 9.50. The quantitative estimate of drug-likeness (QED) is 0.298. The van der Waals surface area contributed by atoms with Crippen molar-refractivity contribution in [2.45, 2.75) is 63.7 Å². The fourth-order valence-electron chi connectivity index (χ4n) is 6.01. The molecule has 1 unspecified atom stereocenters. The van der Waals surface area contributed by atoms with Gasteiger partial charge < -0.3 is 30.4 Å². The molecule has 0 bridgehead atoms. The summed E-state index contributed by atoms with van der Waals surface area (Å²) in [6, 6.07) is 5.04. The molecule has 3 amide bonds. The summed E-state index contributed by atoms with van der Waals surface area (Å²) in [4.78, 5) is 58.2. The van der Waals surface area contributed by atoms with E-state index in [0.717, 1.165) is 61.1 Å². The number of piperazine rings is 1. The SMILES string of the molecule is CNC(=O)CC1C(=O)NCCN1C(=O)CCCCn1cc(CN2CCC(N)CC2)c2cc(-c3ccc(=O)n(C)c3)cnc21. The molecule has 0 aliphatic carbocycles. The van der Waals surface area contributed by atoms with E-state index >= 15 is 0 Å². The first-order chi connectivity index (χ1) is 20.7. The number of nitrogens with one attached hydrogen (secondary N) is 2. The molecule has 12 nitrogen and oxygen atoms in total. The number of carbonyl (C=O) groups is 3. The molecule has 2 fully saturated rings. The van der Waals surface area contributed by atoms with Crippen molar-refractivity contribution in [1.29, 1.82) is 0 Å². The maximum absolute atomic E-state index is 13.1. The molecular weight excluding hydrogens is 548 g/mol. The molecule has 3 aromatic heterocycles. The summed E-state index contributed by atoms with van der Waals surface area (Å²) in [5, 5.41) is 6.37. The number of rotatable bonds is 10. The average molecular weight is 591 g/mol. The van der Waals surface area contributed by atoms with Gasteiger partial charge in [0.1, 0.15) is 11.7 Å². The van der Waals surface area contributed by atoms with Crippen LogP contribution in [0.1, 0.15) is 44.1 Å². The van der Waals surface area contributed by atoms with E-state index in [0.29, 0.717) is 32.5 Å². The van der Waals surface area contributed by atoms with Crippen LogP contribution in [0.15, 0.2) is 41.6 Å². The van der Waals surface area contributed by atoms with E-state index in [1.165, 1.54) is 12.6 Å². The Hall–Kier alpha value is -4.03. The number of piperidine rings is 1. The number of aryl methyl sites for hydroxylation is 2. The molecule has 2 aliphatic rings. The molecule has 43 heavy (non-hydrogen) atoms. The summed E-state index contributed by atoms with van der Waals surface area (Å²) < 4.78 is 3.74. The maximum Gasteiger partial charge on any atom is 0.250 e. The first-order valence-corrected chi connectivity index (χ1v) is 15.1. The molecular formula is C31H42N8O4.